The first kappa shape index (κ1) is 17.2. The standard InChI is InChI=1S/C16H23N7O2/c1-12(23-6-4-5-18-23)15(24)19-13-11-17-16(20-14(13)21(2)3)22-7-9-25-10-8-22/h4-6,11-12H,7-10H2,1-3H3,(H,19,24). The Morgan fingerprint density at radius 2 is 2.12 bits per heavy atom. The molecular formula is C16H23N7O2. The summed E-state index contributed by atoms with van der Waals surface area (Å²) >= 11 is 0. The van der Waals surface area contributed by atoms with Gasteiger partial charge in [0.1, 0.15) is 11.7 Å². The van der Waals surface area contributed by atoms with E-state index in [0.29, 0.717) is 30.7 Å². The molecule has 0 saturated carbocycles. The van der Waals surface area contributed by atoms with Crippen molar-refractivity contribution in [3.05, 3.63) is 24.7 Å². The number of carbonyl (C=O) groups is 1. The maximum atomic E-state index is 12.5. The van der Waals surface area contributed by atoms with E-state index in [4.69, 9.17) is 4.74 Å². The highest BCUT2D eigenvalue weighted by atomic mass is 16.5. The Bertz CT molecular complexity index is 711. The van der Waals surface area contributed by atoms with Gasteiger partial charge in [0, 0.05) is 39.6 Å². The molecular weight excluding hydrogens is 322 g/mol. The van der Waals surface area contributed by atoms with Crippen LogP contribution in [0, 0.1) is 0 Å². The Balaban J connectivity index is 1.79. The van der Waals surface area contributed by atoms with Crippen molar-refractivity contribution >= 4 is 23.4 Å². The van der Waals surface area contributed by atoms with Crippen LogP contribution >= 0.6 is 0 Å². The third-order valence-electron chi connectivity index (χ3n) is 4.03. The van der Waals surface area contributed by atoms with Gasteiger partial charge in [0.05, 0.1) is 19.4 Å². The van der Waals surface area contributed by atoms with Gasteiger partial charge < -0.3 is 19.9 Å². The summed E-state index contributed by atoms with van der Waals surface area (Å²) in [5.41, 5.74) is 0.575. The molecule has 2 aromatic heterocycles. The van der Waals surface area contributed by atoms with E-state index in [-0.39, 0.29) is 5.91 Å². The van der Waals surface area contributed by atoms with Crippen LogP contribution in [-0.4, -0.2) is 66.1 Å². The summed E-state index contributed by atoms with van der Waals surface area (Å²) in [6.07, 6.45) is 5.06. The van der Waals surface area contributed by atoms with E-state index >= 15 is 0 Å². The van der Waals surface area contributed by atoms with E-state index in [9.17, 15) is 4.79 Å². The second-order valence-electron chi connectivity index (χ2n) is 6.05. The van der Waals surface area contributed by atoms with Crippen molar-refractivity contribution in [1.29, 1.82) is 0 Å². The third kappa shape index (κ3) is 3.87. The second-order valence-corrected chi connectivity index (χ2v) is 6.05. The van der Waals surface area contributed by atoms with Gasteiger partial charge in [-0.3, -0.25) is 9.48 Å². The minimum atomic E-state index is -0.427. The first-order valence-electron chi connectivity index (χ1n) is 8.23. The molecule has 0 aliphatic carbocycles. The van der Waals surface area contributed by atoms with Crippen molar-refractivity contribution in [3.63, 3.8) is 0 Å². The molecule has 1 atom stereocenters. The van der Waals surface area contributed by atoms with Gasteiger partial charge in [0.15, 0.2) is 5.82 Å². The number of anilines is 3. The summed E-state index contributed by atoms with van der Waals surface area (Å²) in [6, 6.07) is 1.36. The molecule has 1 amide bonds. The largest absolute Gasteiger partial charge is 0.378 e. The molecule has 1 N–H and O–H groups in total. The van der Waals surface area contributed by atoms with Crippen LogP contribution in [0.3, 0.4) is 0 Å². The maximum Gasteiger partial charge on any atom is 0.249 e. The Morgan fingerprint density at radius 1 is 1.36 bits per heavy atom. The molecule has 9 heteroatoms. The fraction of sp³-hybridized carbons (Fsp3) is 0.500. The van der Waals surface area contributed by atoms with E-state index in [1.165, 1.54) is 0 Å². The summed E-state index contributed by atoms with van der Waals surface area (Å²) in [7, 11) is 3.77. The lowest BCUT2D eigenvalue weighted by Crippen LogP contribution is -2.37. The molecule has 2 aromatic rings. The quantitative estimate of drug-likeness (QED) is 0.856. The average molecular weight is 345 g/mol. The van der Waals surface area contributed by atoms with Gasteiger partial charge in [-0.05, 0) is 13.0 Å². The molecule has 0 spiro atoms. The SMILES string of the molecule is CC(C(=O)Nc1cnc(N2CCOCC2)nc1N(C)C)n1cccn1. The van der Waals surface area contributed by atoms with Crippen molar-refractivity contribution in [2.24, 2.45) is 0 Å². The Hall–Kier alpha value is -2.68. The van der Waals surface area contributed by atoms with Crippen molar-refractivity contribution in [1.82, 2.24) is 19.7 Å². The molecule has 1 unspecified atom stereocenters. The normalized spacial score (nSPS) is 15.7. The Kier molecular flexibility index (Phi) is 5.13. The third-order valence-corrected chi connectivity index (χ3v) is 4.03. The minimum Gasteiger partial charge on any atom is -0.378 e. The first-order valence-corrected chi connectivity index (χ1v) is 8.23. The van der Waals surface area contributed by atoms with Crippen LogP contribution in [0.4, 0.5) is 17.5 Å². The highest BCUT2D eigenvalue weighted by Gasteiger charge is 2.20. The summed E-state index contributed by atoms with van der Waals surface area (Å²) in [4.78, 5) is 25.5. The number of rotatable bonds is 5. The number of carbonyl (C=O) groups excluding carboxylic acids is 1. The molecule has 9 nitrogen and oxygen atoms in total. The molecule has 3 rings (SSSR count). The van der Waals surface area contributed by atoms with Crippen molar-refractivity contribution in [2.75, 3.05) is 55.5 Å². The molecule has 0 radical (unpaired) electrons. The lowest BCUT2D eigenvalue weighted by molar-refractivity contribution is -0.119. The van der Waals surface area contributed by atoms with E-state index < -0.39 is 6.04 Å². The number of hydrogen-bond acceptors (Lipinski definition) is 7. The molecule has 0 bridgehead atoms. The minimum absolute atomic E-state index is 0.172. The number of amides is 1. The predicted molar refractivity (Wildman–Crippen MR) is 95.0 cm³/mol. The number of aromatic nitrogens is 4. The zero-order chi connectivity index (χ0) is 17.8. The molecule has 1 saturated heterocycles. The molecule has 0 aromatic carbocycles. The topological polar surface area (TPSA) is 88.4 Å². The predicted octanol–water partition coefficient (Wildman–Crippen LogP) is 0.775. The maximum absolute atomic E-state index is 12.5. The molecule has 1 aliphatic rings. The lowest BCUT2D eigenvalue weighted by Gasteiger charge is -2.28. The fourth-order valence-corrected chi connectivity index (χ4v) is 2.58. The number of morpholine rings is 1. The smallest absolute Gasteiger partial charge is 0.249 e. The highest BCUT2D eigenvalue weighted by molar-refractivity contribution is 5.95. The number of nitrogens with zero attached hydrogens (tertiary/aromatic N) is 6. The van der Waals surface area contributed by atoms with E-state index in [1.54, 1.807) is 36.3 Å². The van der Waals surface area contributed by atoms with Crippen LogP contribution in [0.25, 0.3) is 0 Å². The number of hydrogen-bond donors (Lipinski definition) is 1. The second kappa shape index (κ2) is 7.47. The van der Waals surface area contributed by atoms with Crippen molar-refractivity contribution in [2.45, 2.75) is 13.0 Å². The van der Waals surface area contributed by atoms with Crippen LogP contribution in [0.2, 0.25) is 0 Å². The van der Waals surface area contributed by atoms with E-state index in [1.807, 2.05) is 19.0 Å². The first-order chi connectivity index (χ1) is 12.1. The van der Waals surface area contributed by atoms with Crippen LogP contribution in [0.1, 0.15) is 13.0 Å². The fourth-order valence-electron chi connectivity index (χ4n) is 2.58. The van der Waals surface area contributed by atoms with Crippen molar-refractivity contribution < 1.29 is 9.53 Å². The van der Waals surface area contributed by atoms with Gasteiger partial charge in [0.2, 0.25) is 11.9 Å². The summed E-state index contributed by atoms with van der Waals surface area (Å²) in [5, 5.41) is 7.01. The number of nitrogens with one attached hydrogen (secondary N) is 1. The number of ether oxygens (including phenoxy) is 1. The highest BCUT2D eigenvalue weighted by Crippen LogP contribution is 2.25. The summed E-state index contributed by atoms with van der Waals surface area (Å²) in [5.74, 6) is 1.14. The molecule has 1 fully saturated rings. The van der Waals surface area contributed by atoms with E-state index in [0.717, 1.165) is 13.1 Å². The molecule has 25 heavy (non-hydrogen) atoms. The van der Waals surface area contributed by atoms with Gasteiger partial charge >= 0.3 is 0 Å². The van der Waals surface area contributed by atoms with Crippen LogP contribution in [0.15, 0.2) is 24.7 Å². The summed E-state index contributed by atoms with van der Waals surface area (Å²) in [6.45, 7) is 4.64. The average Bonchev–Trinajstić information content (AvgIpc) is 3.16. The van der Waals surface area contributed by atoms with Crippen LogP contribution in [-0.2, 0) is 9.53 Å². The van der Waals surface area contributed by atoms with Gasteiger partial charge in [-0.2, -0.15) is 10.1 Å². The lowest BCUT2D eigenvalue weighted by atomic mass is 10.3. The van der Waals surface area contributed by atoms with Gasteiger partial charge in [-0.25, -0.2) is 4.98 Å². The van der Waals surface area contributed by atoms with Crippen LogP contribution in [0.5, 0.6) is 0 Å². The molecule has 134 valence electrons. The summed E-state index contributed by atoms with van der Waals surface area (Å²) < 4.78 is 6.97. The Labute approximate surface area is 146 Å². The Morgan fingerprint density at radius 3 is 2.76 bits per heavy atom. The monoisotopic (exact) mass is 345 g/mol. The van der Waals surface area contributed by atoms with Crippen molar-refractivity contribution in [3.8, 4) is 0 Å². The molecule has 1 aliphatic heterocycles. The van der Waals surface area contributed by atoms with Gasteiger partial charge in [0.25, 0.3) is 0 Å². The molecule has 3 heterocycles. The van der Waals surface area contributed by atoms with Gasteiger partial charge in [-0.15, -0.1) is 0 Å². The zero-order valence-corrected chi connectivity index (χ0v) is 14.7. The van der Waals surface area contributed by atoms with Gasteiger partial charge in [-0.1, -0.05) is 0 Å². The van der Waals surface area contributed by atoms with Crippen LogP contribution < -0.4 is 15.1 Å². The van der Waals surface area contributed by atoms with E-state index in [2.05, 4.69) is 25.3 Å². The zero-order valence-electron chi connectivity index (χ0n) is 14.7.